The maximum absolute atomic E-state index is 12.8. The fraction of sp³-hybridized carbons (Fsp3) is 0.391. The number of urea groups is 1. The molecule has 0 spiro atoms. The highest BCUT2D eigenvalue weighted by molar-refractivity contribution is 5.89. The molecule has 1 aromatic carbocycles. The van der Waals surface area contributed by atoms with Crippen LogP contribution in [0.3, 0.4) is 0 Å². The molecule has 0 radical (unpaired) electrons. The third kappa shape index (κ3) is 3.86. The number of amides is 2. The lowest BCUT2D eigenvalue weighted by Gasteiger charge is -2.23. The number of nitrogens with zero attached hydrogens (tertiary/aromatic N) is 6. The molecule has 0 bridgehead atoms. The van der Waals surface area contributed by atoms with Gasteiger partial charge in [-0.05, 0) is 32.0 Å². The predicted molar refractivity (Wildman–Crippen MR) is 121 cm³/mol. The first-order valence-corrected chi connectivity index (χ1v) is 10.8. The highest BCUT2D eigenvalue weighted by atomic mass is 16.5. The highest BCUT2D eigenvalue weighted by Gasteiger charge is 2.42. The van der Waals surface area contributed by atoms with E-state index in [0.29, 0.717) is 11.8 Å². The summed E-state index contributed by atoms with van der Waals surface area (Å²) in [5, 5.41) is 7.52. The molecule has 2 aliphatic rings. The lowest BCUT2D eigenvalue weighted by Crippen LogP contribution is -2.36. The van der Waals surface area contributed by atoms with Crippen LogP contribution >= 0.6 is 0 Å². The molecule has 0 saturated carbocycles. The monoisotopic (exact) mass is 433 g/mol. The first-order chi connectivity index (χ1) is 15.5. The second-order valence-electron chi connectivity index (χ2n) is 8.57. The van der Waals surface area contributed by atoms with Crippen molar-refractivity contribution in [1.82, 2.24) is 24.6 Å². The van der Waals surface area contributed by atoms with Crippen LogP contribution in [0.15, 0.2) is 42.7 Å². The quantitative estimate of drug-likeness (QED) is 0.681. The van der Waals surface area contributed by atoms with Gasteiger partial charge in [0.2, 0.25) is 0 Å². The van der Waals surface area contributed by atoms with Gasteiger partial charge in [0.1, 0.15) is 17.9 Å². The molecule has 2 aromatic heterocycles. The van der Waals surface area contributed by atoms with Crippen molar-refractivity contribution in [3.8, 4) is 11.6 Å². The molecule has 2 unspecified atom stereocenters. The van der Waals surface area contributed by atoms with Gasteiger partial charge in [-0.15, -0.1) is 0 Å². The molecular weight excluding hydrogens is 406 g/mol. The van der Waals surface area contributed by atoms with Crippen LogP contribution in [0.5, 0.6) is 5.75 Å². The third-order valence-electron chi connectivity index (χ3n) is 6.28. The Hall–Kier alpha value is -3.62. The lowest BCUT2D eigenvalue weighted by atomic mass is 10.0. The lowest BCUT2D eigenvalue weighted by molar-refractivity contribution is 0.219. The molecule has 9 nitrogen and oxygen atoms in total. The van der Waals surface area contributed by atoms with Gasteiger partial charge in [0.05, 0.1) is 12.8 Å². The van der Waals surface area contributed by atoms with E-state index >= 15 is 0 Å². The number of aromatic nitrogens is 4. The van der Waals surface area contributed by atoms with Crippen molar-refractivity contribution in [3.63, 3.8) is 0 Å². The van der Waals surface area contributed by atoms with E-state index in [1.807, 2.05) is 59.8 Å². The molecule has 1 N–H and O–H groups in total. The van der Waals surface area contributed by atoms with Gasteiger partial charge in [-0.2, -0.15) is 5.10 Å². The number of anilines is 2. The fourth-order valence-corrected chi connectivity index (χ4v) is 4.74. The Labute approximate surface area is 187 Å². The zero-order chi connectivity index (χ0) is 22.2. The number of carbonyl (C=O) groups excluding carboxylic acids is 1. The minimum absolute atomic E-state index is 0.0620. The van der Waals surface area contributed by atoms with Gasteiger partial charge in [-0.1, -0.05) is 6.07 Å². The summed E-state index contributed by atoms with van der Waals surface area (Å²) in [6.45, 7) is 7.23. The first kappa shape index (κ1) is 20.3. The second kappa shape index (κ2) is 8.14. The van der Waals surface area contributed by atoms with Gasteiger partial charge in [0, 0.05) is 61.5 Å². The van der Waals surface area contributed by atoms with Crippen LogP contribution in [0.25, 0.3) is 5.82 Å². The molecule has 2 fully saturated rings. The van der Waals surface area contributed by atoms with E-state index in [0.717, 1.165) is 60.6 Å². The average Bonchev–Trinajstić information content (AvgIpc) is 3.46. The Bertz CT molecular complexity index is 1130. The van der Waals surface area contributed by atoms with Crippen LogP contribution in [0.1, 0.15) is 11.4 Å². The number of nitrogens with one attached hydrogen (secondary N) is 1. The molecule has 4 heterocycles. The molecular formula is C23H27N7O2. The summed E-state index contributed by atoms with van der Waals surface area (Å²) in [5.41, 5.74) is 2.75. The maximum atomic E-state index is 12.8. The number of hydrogen-bond acceptors (Lipinski definition) is 6. The smallest absolute Gasteiger partial charge is 0.321 e. The first-order valence-electron chi connectivity index (χ1n) is 10.8. The number of carbonyl (C=O) groups is 1. The number of benzene rings is 1. The van der Waals surface area contributed by atoms with Crippen LogP contribution in [0.2, 0.25) is 0 Å². The van der Waals surface area contributed by atoms with Crippen LogP contribution in [-0.4, -0.2) is 64.0 Å². The minimum Gasteiger partial charge on any atom is -0.497 e. The minimum atomic E-state index is -0.0620. The SMILES string of the molecule is COc1cccc(NC(=O)N2CC3CN(c4cc(-n5nc(C)cc5C)ncn4)CC3C2)c1. The molecule has 3 aromatic rings. The van der Waals surface area contributed by atoms with E-state index < -0.39 is 0 Å². The van der Waals surface area contributed by atoms with Crippen LogP contribution in [0.4, 0.5) is 16.3 Å². The van der Waals surface area contributed by atoms with Crippen LogP contribution in [0, 0.1) is 25.7 Å². The summed E-state index contributed by atoms with van der Waals surface area (Å²) in [5.74, 6) is 3.26. The van der Waals surface area contributed by atoms with E-state index in [-0.39, 0.29) is 6.03 Å². The zero-order valence-corrected chi connectivity index (χ0v) is 18.5. The van der Waals surface area contributed by atoms with E-state index in [1.54, 1.807) is 13.4 Å². The van der Waals surface area contributed by atoms with Crippen molar-refractivity contribution in [1.29, 1.82) is 0 Å². The molecule has 166 valence electrons. The number of likely N-dealkylation sites (tertiary alicyclic amines) is 1. The van der Waals surface area contributed by atoms with Crippen molar-refractivity contribution in [2.45, 2.75) is 13.8 Å². The summed E-state index contributed by atoms with van der Waals surface area (Å²) < 4.78 is 7.08. The van der Waals surface area contributed by atoms with Gasteiger partial charge in [-0.25, -0.2) is 19.4 Å². The van der Waals surface area contributed by atoms with Crippen LogP contribution < -0.4 is 15.0 Å². The molecule has 2 saturated heterocycles. The average molecular weight is 434 g/mol. The maximum Gasteiger partial charge on any atom is 0.321 e. The Morgan fingerprint density at radius 1 is 1.03 bits per heavy atom. The van der Waals surface area contributed by atoms with E-state index in [9.17, 15) is 4.79 Å². The standard InChI is InChI=1S/C23H27N7O2/c1-15-7-16(2)30(27-15)22-9-21(24-14-25-22)28-10-17-12-29(13-18(17)11-28)23(31)26-19-5-4-6-20(8-19)32-3/h4-9,14,17-18H,10-13H2,1-3H3,(H,26,31). The van der Waals surface area contributed by atoms with Gasteiger partial charge in [0.25, 0.3) is 0 Å². The van der Waals surface area contributed by atoms with Crippen molar-refractivity contribution in [2.75, 3.05) is 43.5 Å². The number of aryl methyl sites for hydroxylation is 2. The van der Waals surface area contributed by atoms with Gasteiger partial charge in [0.15, 0.2) is 5.82 Å². The van der Waals surface area contributed by atoms with E-state index in [2.05, 4.69) is 25.3 Å². The Balaban J connectivity index is 1.23. The molecule has 0 aliphatic carbocycles. The molecule has 5 rings (SSSR count). The molecule has 9 heteroatoms. The second-order valence-corrected chi connectivity index (χ2v) is 8.57. The highest BCUT2D eigenvalue weighted by Crippen LogP contribution is 2.34. The van der Waals surface area contributed by atoms with E-state index in [1.165, 1.54) is 0 Å². The number of methoxy groups -OCH3 is 1. The number of ether oxygens (including phenoxy) is 1. The van der Waals surface area contributed by atoms with Crippen LogP contribution in [-0.2, 0) is 0 Å². The zero-order valence-electron chi connectivity index (χ0n) is 18.5. The molecule has 2 aliphatic heterocycles. The fourth-order valence-electron chi connectivity index (χ4n) is 4.74. The number of rotatable bonds is 4. The van der Waals surface area contributed by atoms with Gasteiger partial charge >= 0.3 is 6.03 Å². The van der Waals surface area contributed by atoms with Crippen molar-refractivity contribution < 1.29 is 9.53 Å². The third-order valence-corrected chi connectivity index (χ3v) is 6.28. The van der Waals surface area contributed by atoms with Gasteiger partial charge < -0.3 is 19.9 Å². The normalized spacial score (nSPS) is 19.8. The number of hydrogen-bond donors (Lipinski definition) is 1. The van der Waals surface area contributed by atoms with Crippen molar-refractivity contribution >= 4 is 17.5 Å². The van der Waals surface area contributed by atoms with E-state index in [4.69, 9.17) is 4.74 Å². The van der Waals surface area contributed by atoms with Crippen molar-refractivity contribution in [2.24, 2.45) is 11.8 Å². The Kier molecular flexibility index (Phi) is 5.16. The topological polar surface area (TPSA) is 88.4 Å². The Morgan fingerprint density at radius 2 is 1.78 bits per heavy atom. The number of fused-ring (bicyclic) bond motifs is 1. The summed E-state index contributed by atoms with van der Waals surface area (Å²) >= 11 is 0. The summed E-state index contributed by atoms with van der Waals surface area (Å²) in [6.07, 6.45) is 1.60. The predicted octanol–water partition coefficient (Wildman–Crippen LogP) is 2.89. The largest absolute Gasteiger partial charge is 0.497 e. The molecule has 32 heavy (non-hydrogen) atoms. The summed E-state index contributed by atoms with van der Waals surface area (Å²) in [7, 11) is 1.62. The van der Waals surface area contributed by atoms with Crippen molar-refractivity contribution in [3.05, 3.63) is 54.1 Å². The Morgan fingerprint density at radius 3 is 2.47 bits per heavy atom. The molecule has 2 atom stereocenters. The summed E-state index contributed by atoms with van der Waals surface area (Å²) in [6, 6.07) is 11.4. The summed E-state index contributed by atoms with van der Waals surface area (Å²) in [4.78, 5) is 25.9. The molecule has 2 amide bonds. The van der Waals surface area contributed by atoms with Gasteiger partial charge in [-0.3, -0.25) is 0 Å².